The number of nitrogen functional groups attached to an aromatic ring is 1. The number of hydrogen-bond acceptors (Lipinski definition) is 3. The van der Waals surface area contributed by atoms with Gasteiger partial charge in [-0.2, -0.15) is 0 Å². The summed E-state index contributed by atoms with van der Waals surface area (Å²) in [4.78, 5) is 1.40. The van der Waals surface area contributed by atoms with Gasteiger partial charge < -0.3 is 11.1 Å². The average Bonchev–Trinajstić information content (AvgIpc) is 2.75. The SMILES string of the molecule is CN[C@@H](Cc1ccccc1N)c1sccc1C. The first-order valence-electron chi connectivity index (χ1n) is 5.77. The molecule has 0 saturated heterocycles. The number of benzene rings is 1. The van der Waals surface area contributed by atoms with E-state index in [1.807, 2.05) is 25.2 Å². The van der Waals surface area contributed by atoms with Crippen LogP contribution >= 0.6 is 11.3 Å². The van der Waals surface area contributed by atoms with E-state index in [1.165, 1.54) is 16.0 Å². The van der Waals surface area contributed by atoms with Crippen LogP contribution in [-0.4, -0.2) is 7.05 Å². The van der Waals surface area contributed by atoms with E-state index in [9.17, 15) is 0 Å². The van der Waals surface area contributed by atoms with Crippen molar-refractivity contribution in [3.63, 3.8) is 0 Å². The molecule has 0 aliphatic carbocycles. The van der Waals surface area contributed by atoms with Gasteiger partial charge in [-0.3, -0.25) is 0 Å². The summed E-state index contributed by atoms with van der Waals surface area (Å²) in [6.45, 7) is 2.16. The molecule has 0 radical (unpaired) electrons. The zero-order chi connectivity index (χ0) is 12.3. The normalized spacial score (nSPS) is 12.6. The van der Waals surface area contributed by atoms with Crippen LogP contribution in [0.4, 0.5) is 5.69 Å². The van der Waals surface area contributed by atoms with Crippen LogP contribution in [0.15, 0.2) is 35.7 Å². The predicted molar refractivity (Wildman–Crippen MR) is 75.4 cm³/mol. The first-order chi connectivity index (χ1) is 8.22. The zero-order valence-electron chi connectivity index (χ0n) is 10.2. The lowest BCUT2D eigenvalue weighted by Crippen LogP contribution is -2.19. The third-order valence-corrected chi connectivity index (χ3v) is 4.18. The second-order valence-electron chi connectivity index (χ2n) is 4.21. The minimum atomic E-state index is 0.347. The number of anilines is 1. The maximum atomic E-state index is 5.99. The van der Waals surface area contributed by atoms with E-state index in [2.05, 4.69) is 29.8 Å². The van der Waals surface area contributed by atoms with Crippen LogP contribution in [-0.2, 0) is 6.42 Å². The van der Waals surface area contributed by atoms with Gasteiger partial charge in [0.1, 0.15) is 0 Å². The number of nitrogens with two attached hydrogens (primary N) is 1. The second kappa shape index (κ2) is 5.34. The van der Waals surface area contributed by atoms with Crippen LogP contribution in [0.1, 0.15) is 22.0 Å². The molecule has 0 aliphatic heterocycles. The van der Waals surface area contributed by atoms with Crippen LogP contribution in [0.5, 0.6) is 0 Å². The molecule has 3 N–H and O–H groups in total. The Morgan fingerprint density at radius 2 is 2.06 bits per heavy atom. The highest BCUT2D eigenvalue weighted by Gasteiger charge is 2.14. The molecule has 1 aromatic heterocycles. The average molecular weight is 246 g/mol. The lowest BCUT2D eigenvalue weighted by atomic mass is 10.0. The molecule has 0 bridgehead atoms. The summed E-state index contributed by atoms with van der Waals surface area (Å²) >= 11 is 1.80. The summed E-state index contributed by atoms with van der Waals surface area (Å²) in [6.07, 6.45) is 0.935. The molecule has 0 spiro atoms. The van der Waals surface area contributed by atoms with Crippen LogP contribution in [0.3, 0.4) is 0 Å². The Balaban J connectivity index is 2.22. The summed E-state index contributed by atoms with van der Waals surface area (Å²) in [5.41, 5.74) is 9.43. The lowest BCUT2D eigenvalue weighted by Gasteiger charge is -2.17. The maximum Gasteiger partial charge on any atom is 0.0456 e. The van der Waals surface area contributed by atoms with Gasteiger partial charge in [0, 0.05) is 16.6 Å². The van der Waals surface area contributed by atoms with Gasteiger partial charge in [0.15, 0.2) is 0 Å². The number of para-hydroxylation sites is 1. The summed E-state index contributed by atoms with van der Waals surface area (Å²) < 4.78 is 0. The number of thiophene rings is 1. The van der Waals surface area contributed by atoms with Crippen molar-refractivity contribution in [1.82, 2.24) is 5.32 Å². The highest BCUT2D eigenvalue weighted by molar-refractivity contribution is 7.10. The van der Waals surface area contributed by atoms with Crippen molar-refractivity contribution in [3.8, 4) is 0 Å². The molecule has 1 aromatic carbocycles. The van der Waals surface area contributed by atoms with E-state index in [0.29, 0.717) is 6.04 Å². The molecule has 1 atom stereocenters. The second-order valence-corrected chi connectivity index (χ2v) is 5.16. The van der Waals surface area contributed by atoms with E-state index in [4.69, 9.17) is 5.73 Å². The molecule has 2 rings (SSSR count). The van der Waals surface area contributed by atoms with Gasteiger partial charge in [-0.25, -0.2) is 0 Å². The van der Waals surface area contributed by atoms with Gasteiger partial charge in [0.2, 0.25) is 0 Å². The van der Waals surface area contributed by atoms with E-state index in [-0.39, 0.29) is 0 Å². The van der Waals surface area contributed by atoms with E-state index in [1.54, 1.807) is 11.3 Å². The highest BCUT2D eigenvalue weighted by Crippen LogP contribution is 2.27. The molecule has 2 nitrogen and oxygen atoms in total. The molecule has 17 heavy (non-hydrogen) atoms. The molecule has 0 aliphatic rings. The number of nitrogens with one attached hydrogen (secondary N) is 1. The van der Waals surface area contributed by atoms with Gasteiger partial charge >= 0.3 is 0 Å². The standard InChI is InChI=1S/C14H18N2S/c1-10-7-8-17-14(10)13(16-2)9-11-5-3-4-6-12(11)15/h3-8,13,16H,9,15H2,1-2H3/t13-/m0/s1. The Bertz CT molecular complexity index is 490. The fourth-order valence-corrected chi connectivity index (χ4v) is 3.05. The molecule has 1 heterocycles. The third-order valence-electron chi connectivity index (χ3n) is 3.05. The zero-order valence-corrected chi connectivity index (χ0v) is 11.1. The van der Waals surface area contributed by atoms with Crippen LogP contribution in [0, 0.1) is 6.92 Å². The molecular weight excluding hydrogens is 228 g/mol. The van der Waals surface area contributed by atoms with Crippen molar-refractivity contribution in [2.24, 2.45) is 0 Å². The number of rotatable bonds is 4. The smallest absolute Gasteiger partial charge is 0.0456 e. The largest absolute Gasteiger partial charge is 0.399 e. The Morgan fingerprint density at radius 3 is 2.65 bits per heavy atom. The Labute approximate surface area is 106 Å². The van der Waals surface area contributed by atoms with Crippen molar-refractivity contribution in [1.29, 1.82) is 0 Å². The Morgan fingerprint density at radius 1 is 1.29 bits per heavy atom. The molecule has 90 valence electrons. The first kappa shape index (κ1) is 12.1. The van der Waals surface area contributed by atoms with Gasteiger partial charge in [0.25, 0.3) is 0 Å². The van der Waals surface area contributed by atoms with Gasteiger partial charge in [-0.15, -0.1) is 11.3 Å². The number of hydrogen-bond donors (Lipinski definition) is 2. The van der Waals surface area contributed by atoms with Crippen molar-refractivity contribution in [2.45, 2.75) is 19.4 Å². The van der Waals surface area contributed by atoms with Gasteiger partial charge in [-0.1, -0.05) is 18.2 Å². The van der Waals surface area contributed by atoms with Crippen molar-refractivity contribution >= 4 is 17.0 Å². The highest BCUT2D eigenvalue weighted by atomic mass is 32.1. The van der Waals surface area contributed by atoms with E-state index in [0.717, 1.165) is 12.1 Å². The molecule has 0 unspecified atom stereocenters. The summed E-state index contributed by atoms with van der Waals surface area (Å²) in [7, 11) is 2.00. The van der Waals surface area contributed by atoms with Crippen LogP contribution in [0.2, 0.25) is 0 Å². The maximum absolute atomic E-state index is 5.99. The summed E-state index contributed by atoms with van der Waals surface area (Å²) in [6, 6.07) is 10.6. The summed E-state index contributed by atoms with van der Waals surface area (Å²) in [5.74, 6) is 0. The number of likely N-dealkylation sites (N-methyl/N-ethyl adjacent to an activating group) is 1. The predicted octanol–water partition coefficient (Wildman–Crippen LogP) is 3.14. The summed E-state index contributed by atoms with van der Waals surface area (Å²) in [5, 5.41) is 5.52. The monoisotopic (exact) mass is 246 g/mol. The van der Waals surface area contributed by atoms with Crippen LogP contribution < -0.4 is 11.1 Å². The fraction of sp³-hybridized carbons (Fsp3) is 0.286. The van der Waals surface area contributed by atoms with Crippen molar-refractivity contribution < 1.29 is 0 Å². The van der Waals surface area contributed by atoms with E-state index >= 15 is 0 Å². The minimum absolute atomic E-state index is 0.347. The lowest BCUT2D eigenvalue weighted by molar-refractivity contribution is 0.600. The van der Waals surface area contributed by atoms with Crippen molar-refractivity contribution in [3.05, 3.63) is 51.7 Å². The fourth-order valence-electron chi connectivity index (χ4n) is 2.01. The molecule has 0 fully saturated rings. The van der Waals surface area contributed by atoms with Gasteiger partial charge in [-0.05, 0) is 49.0 Å². The number of aryl methyl sites for hydroxylation is 1. The first-order valence-corrected chi connectivity index (χ1v) is 6.65. The minimum Gasteiger partial charge on any atom is -0.399 e. The Hall–Kier alpha value is -1.32. The molecular formula is C14H18N2S. The molecule has 3 heteroatoms. The Kier molecular flexibility index (Phi) is 3.82. The van der Waals surface area contributed by atoms with Crippen LogP contribution in [0.25, 0.3) is 0 Å². The molecule has 0 amide bonds. The topological polar surface area (TPSA) is 38.0 Å². The molecule has 2 aromatic rings. The van der Waals surface area contributed by atoms with Gasteiger partial charge in [0.05, 0.1) is 0 Å². The van der Waals surface area contributed by atoms with Crippen molar-refractivity contribution in [2.75, 3.05) is 12.8 Å². The van der Waals surface area contributed by atoms with E-state index < -0.39 is 0 Å². The third kappa shape index (κ3) is 2.68. The molecule has 0 saturated carbocycles. The quantitative estimate of drug-likeness (QED) is 0.813.